The Morgan fingerprint density at radius 1 is 1.30 bits per heavy atom. The van der Waals surface area contributed by atoms with Crippen LogP contribution in [0, 0.1) is 0 Å². The van der Waals surface area contributed by atoms with Crippen LogP contribution in [0.4, 0.5) is 13.2 Å². The standard InChI is InChI=1S/C5H9F3OS/c1-3(9)4(2)10-5(6,7)8/h3-4,9H,1-2H3. The van der Waals surface area contributed by atoms with Crippen molar-refractivity contribution in [3.63, 3.8) is 0 Å². The number of thioether (sulfide) groups is 1. The maximum Gasteiger partial charge on any atom is 0.442 e. The van der Waals surface area contributed by atoms with Crippen molar-refractivity contribution >= 4 is 11.8 Å². The fraction of sp³-hybridized carbons (Fsp3) is 1.00. The van der Waals surface area contributed by atoms with Gasteiger partial charge in [-0.3, -0.25) is 0 Å². The Labute approximate surface area is 61.6 Å². The van der Waals surface area contributed by atoms with Gasteiger partial charge >= 0.3 is 5.51 Å². The molecule has 10 heavy (non-hydrogen) atoms. The minimum absolute atomic E-state index is 0.185. The van der Waals surface area contributed by atoms with Crippen LogP contribution in [-0.4, -0.2) is 22.0 Å². The zero-order valence-corrected chi connectivity index (χ0v) is 6.46. The van der Waals surface area contributed by atoms with Gasteiger partial charge < -0.3 is 5.11 Å². The minimum atomic E-state index is -4.24. The topological polar surface area (TPSA) is 20.2 Å². The summed E-state index contributed by atoms with van der Waals surface area (Å²) in [6, 6.07) is 0. The highest BCUT2D eigenvalue weighted by Crippen LogP contribution is 2.34. The number of rotatable bonds is 2. The minimum Gasteiger partial charge on any atom is -0.392 e. The fourth-order valence-corrected chi connectivity index (χ4v) is 0.928. The van der Waals surface area contributed by atoms with E-state index in [1.54, 1.807) is 0 Å². The predicted octanol–water partition coefficient (Wildman–Crippen LogP) is 2.01. The summed E-state index contributed by atoms with van der Waals surface area (Å²) in [4.78, 5) is 0. The molecule has 0 bridgehead atoms. The van der Waals surface area contributed by atoms with Gasteiger partial charge in [0.15, 0.2) is 0 Å². The SMILES string of the molecule is CC(O)C(C)SC(F)(F)F. The highest BCUT2D eigenvalue weighted by Gasteiger charge is 2.32. The Balaban J connectivity index is 3.68. The van der Waals surface area contributed by atoms with Crippen molar-refractivity contribution in [2.45, 2.75) is 30.7 Å². The van der Waals surface area contributed by atoms with E-state index >= 15 is 0 Å². The number of halogens is 3. The average molecular weight is 174 g/mol. The molecule has 0 aliphatic carbocycles. The van der Waals surface area contributed by atoms with Crippen molar-refractivity contribution < 1.29 is 18.3 Å². The Morgan fingerprint density at radius 2 is 1.70 bits per heavy atom. The first kappa shape index (κ1) is 10.1. The summed E-state index contributed by atoms with van der Waals surface area (Å²) in [6.45, 7) is 2.67. The Morgan fingerprint density at radius 3 is 1.80 bits per heavy atom. The summed E-state index contributed by atoms with van der Waals surface area (Å²) in [5.74, 6) is 0. The molecule has 0 saturated heterocycles. The van der Waals surface area contributed by atoms with E-state index in [-0.39, 0.29) is 11.8 Å². The van der Waals surface area contributed by atoms with Gasteiger partial charge in [0.05, 0.1) is 6.10 Å². The molecule has 0 heterocycles. The number of alkyl halides is 3. The van der Waals surface area contributed by atoms with Crippen LogP contribution in [0.2, 0.25) is 0 Å². The van der Waals surface area contributed by atoms with Gasteiger partial charge in [-0.2, -0.15) is 13.2 Å². The van der Waals surface area contributed by atoms with Gasteiger partial charge in [-0.25, -0.2) is 0 Å². The van der Waals surface area contributed by atoms with E-state index in [2.05, 4.69) is 0 Å². The molecule has 5 heteroatoms. The van der Waals surface area contributed by atoms with Crippen molar-refractivity contribution in [2.75, 3.05) is 0 Å². The van der Waals surface area contributed by atoms with Gasteiger partial charge in [0.1, 0.15) is 0 Å². The average Bonchev–Trinajstić information content (AvgIpc) is 1.60. The molecule has 1 nitrogen and oxygen atoms in total. The third kappa shape index (κ3) is 4.93. The van der Waals surface area contributed by atoms with Crippen molar-refractivity contribution in [3.8, 4) is 0 Å². The molecule has 0 spiro atoms. The van der Waals surface area contributed by atoms with Crippen molar-refractivity contribution in [1.29, 1.82) is 0 Å². The van der Waals surface area contributed by atoms with Crippen LogP contribution in [-0.2, 0) is 0 Å². The van der Waals surface area contributed by atoms with Gasteiger partial charge in [0.2, 0.25) is 0 Å². The summed E-state index contributed by atoms with van der Waals surface area (Å²) < 4.78 is 34.6. The number of aliphatic hydroxyl groups excluding tert-OH is 1. The number of hydrogen-bond acceptors (Lipinski definition) is 2. The van der Waals surface area contributed by atoms with E-state index < -0.39 is 16.9 Å². The van der Waals surface area contributed by atoms with Crippen LogP contribution in [0.5, 0.6) is 0 Å². The quantitative estimate of drug-likeness (QED) is 0.691. The van der Waals surface area contributed by atoms with E-state index in [0.29, 0.717) is 0 Å². The molecule has 0 amide bonds. The Bertz CT molecular complexity index is 102. The van der Waals surface area contributed by atoms with E-state index in [1.807, 2.05) is 0 Å². The summed E-state index contributed by atoms with van der Waals surface area (Å²) in [6.07, 6.45) is -0.924. The second-order valence-electron chi connectivity index (χ2n) is 2.01. The van der Waals surface area contributed by atoms with Crippen LogP contribution in [0.15, 0.2) is 0 Å². The molecule has 0 saturated carbocycles. The van der Waals surface area contributed by atoms with Gasteiger partial charge in [-0.15, -0.1) is 0 Å². The van der Waals surface area contributed by atoms with E-state index in [9.17, 15) is 13.2 Å². The molecular weight excluding hydrogens is 165 g/mol. The van der Waals surface area contributed by atoms with Crippen molar-refractivity contribution in [3.05, 3.63) is 0 Å². The monoisotopic (exact) mass is 174 g/mol. The largest absolute Gasteiger partial charge is 0.442 e. The second-order valence-corrected chi connectivity index (χ2v) is 3.45. The third-order valence-electron chi connectivity index (χ3n) is 0.999. The molecule has 0 aromatic carbocycles. The zero-order valence-electron chi connectivity index (χ0n) is 5.64. The second kappa shape index (κ2) is 3.48. The highest BCUT2D eigenvalue weighted by molar-refractivity contribution is 8.00. The van der Waals surface area contributed by atoms with Gasteiger partial charge in [0.25, 0.3) is 0 Å². The summed E-state index contributed by atoms with van der Waals surface area (Å²) in [7, 11) is 0. The zero-order chi connectivity index (χ0) is 8.36. The molecule has 0 radical (unpaired) electrons. The fourth-order valence-electron chi connectivity index (χ4n) is 0.309. The van der Waals surface area contributed by atoms with Crippen LogP contribution >= 0.6 is 11.8 Å². The lowest BCUT2D eigenvalue weighted by molar-refractivity contribution is -0.0341. The smallest absolute Gasteiger partial charge is 0.392 e. The van der Waals surface area contributed by atoms with Crippen LogP contribution in [0.3, 0.4) is 0 Å². The van der Waals surface area contributed by atoms with Gasteiger partial charge in [-0.1, -0.05) is 6.92 Å². The number of hydrogen-bond donors (Lipinski definition) is 1. The van der Waals surface area contributed by atoms with Crippen molar-refractivity contribution in [1.82, 2.24) is 0 Å². The van der Waals surface area contributed by atoms with E-state index in [4.69, 9.17) is 5.11 Å². The molecule has 0 fully saturated rings. The molecule has 0 aliphatic rings. The van der Waals surface area contributed by atoms with E-state index in [0.717, 1.165) is 0 Å². The van der Waals surface area contributed by atoms with Crippen LogP contribution in [0.25, 0.3) is 0 Å². The lowest BCUT2D eigenvalue weighted by Crippen LogP contribution is -2.20. The highest BCUT2D eigenvalue weighted by atomic mass is 32.2. The summed E-state index contributed by atoms with van der Waals surface area (Å²) in [5.41, 5.74) is -4.24. The van der Waals surface area contributed by atoms with E-state index in [1.165, 1.54) is 13.8 Å². The lowest BCUT2D eigenvalue weighted by atomic mass is 10.3. The van der Waals surface area contributed by atoms with Crippen molar-refractivity contribution in [2.24, 2.45) is 0 Å². The van der Waals surface area contributed by atoms with Gasteiger partial charge in [0, 0.05) is 5.25 Å². The maximum absolute atomic E-state index is 11.5. The number of aliphatic hydroxyl groups is 1. The predicted molar refractivity (Wildman–Crippen MR) is 34.8 cm³/mol. The third-order valence-corrected chi connectivity index (χ3v) is 2.03. The lowest BCUT2D eigenvalue weighted by Gasteiger charge is -2.15. The molecule has 0 rings (SSSR count). The first-order chi connectivity index (χ1) is 4.33. The van der Waals surface area contributed by atoms with Crippen LogP contribution in [0.1, 0.15) is 13.8 Å². The molecule has 1 N–H and O–H groups in total. The van der Waals surface area contributed by atoms with Crippen LogP contribution < -0.4 is 0 Å². The molecule has 0 aromatic heterocycles. The Hall–Kier alpha value is 0.100. The first-order valence-corrected chi connectivity index (χ1v) is 3.63. The molecule has 0 aliphatic heterocycles. The summed E-state index contributed by atoms with van der Waals surface area (Å²) >= 11 is -0.185. The molecule has 2 unspecified atom stereocenters. The summed E-state index contributed by atoms with van der Waals surface area (Å²) in [5, 5.41) is 7.87. The normalized spacial score (nSPS) is 18.6. The molecular formula is C5H9F3OS. The first-order valence-electron chi connectivity index (χ1n) is 2.75. The maximum atomic E-state index is 11.5. The molecule has 2 atom stereocenters. The Kier molecular flexibility index (Phi) is 3.51. The van der Waals surface area contributed by atoms with Gasteiger partial charge in [-0.05, 0) is 18.7 Å². The molecule has 62 valence electrons. The molecule has 0 aromatic rings.